The van der Waals surface area contributed by atoms with Crippen molar-refractivity contribution >= 4 is 5.91 Å². The van der Waals surface area contributed by atoms with Crippen molar-refractivity contribution in [3.05, 3.63) is 78.2 Å². The molecule has 1 atom stereocenters. The molecule has 0 aliphatic carbocycles. The van der Waals surface area contributed by atoms with Gasteiger partial charge in [0.05, 0.1) is 17.4 Å². The van der Waals surface area contributed by atoms with Gasteiger partial charge in [0, 0.05) is 19.5 Å². The van der Waals surface area contributed by atoms with Gasteiger partial charge in [-0.2, -0.15) is 14.9 Å². The van der Waals surface area contributed by atoms with Crippen molar-refractivity contribution < 1.29 is 13.7 Å². The quantitative estimate of drug-likeness (QED) is 0.479. The Balaban J connectivity index is 1.25. The van der Waals surface area contributed by atoms with Crippen molar-refractivity contribution in [3.8, 4) is 17.1 Å². The lowest BCUT2D eigenvalue weighted by molar-refractivity contribution is 0.0661. The van der Waals surface area contributed by atoms with Gasteiger partial charge in [-0.1, -0.05) is 35.5 Å². The first kappa shape index (κ1) is 20.0. The van der Waals surface area contributed by atoms with Gasteiger partial charge in [-0.3, -0.25) is 4.79 Å². The smallest absolute Gasteiger partial charge is 0.276 e. The van der Waals surface area contributed by atoms with Gasteiger partial charge >= 0.3 is 0 Å². The van der Waals surface area contributed by atoms with Crippen LogP contribution in [0.4, 0.5) is 4.39 Å². The third-order valence-electron chi connectivity index (χ3n) is 5.55. The highest BCUT2D eigenvalue weighted by atomic mass is 19.1. The third-order valence-corrected chi connectivity index (χ3v) is 5.55. The van der Waals surface area contributed by atoms with E-state index in [1.165, 1.54) is 17.1 Å². The van der Waals surface area contributed by atoms with Crippen LogP contribution in [0.2, 0.25) is 0 Å². The maximum Gasteiger partial charge on any atom is 0.276 e. The molecule has 5 rings (SSSR count). The number of halogens is 1. The average molecular weight is 432 g/mol. The molecule has 0 radical (unpaired) electrons. The van der Waals surface area contributed by atoms with Gasteiger partial charge in [0.2, 0.25) is 11.7 Å². The first-order chi connectivity index (χ1) is 15.7. The summed E-state index contributed by atoms with van der Waals surface area (Å²) in [6.45, 7) is 1.23. The molecule has 0 spiro atoms. The number of likely N-dealkylation sites (tertiary alicyclic amines) is 1. The molecule has 0 saturated carbocycles. The number of piperidine rings is 1. The van der Waals surface area contributed by atoms with Crippen molar-refractivity contribution in [2.75, 3.05) is 13.1 Å². The van der Waals surface area contributed by atoms with Crippen LogP contribution >= 0.6 is 0 Å². The van der Waals surface area contributed by atoms with Crippen LogP contribution in [-0.2, 0) is 6.42 Å². The van der Waals surface area contributed by atoms with Gasteiger partial charge in [0.15, 0.2) is 5.69 Å². The van der Waals surface area contributed by atoms with E-state index in [4.69, 9.17) is 4.52 Å². The molecule has 1 saturated heterocycles. The molecular weight excluding hydrogens is 411 g/mol. The van der Waals surface area contributed by atoms with E-state index in [1.807, 2.05) is 30.3 Å². The molecule has 0 N–H and O–H groups in total. The number of rotatable bonds is 5. The van der Waals surface area contributed by atoms with E-state index in [0.29, 0.717) is 36.7 Å². The summed E-state index contributed by atoms with van der Waals surface area (Å²) in [7, 11) is 0. The van der Waals surface area contributed by atoms with Crippen LogP contribution in [0.15, 0.2) is 65.3 Å². The SMILES string of the molecule is O=C(c1cnn(-c2ccccc2)n1)N1CCC[C@H](Cc2nc(-c3ccccc3F)no2)C1. The van der Waals surface area contributed by atoms with Crippen LogP contribution in [0.1, 0.15) is 29.2 Å². The zero-order valence-corrected chi connectivity index (χ0v) is 17.3. The minimum absolute atomic E-state index is 0.144. The largest absolute Gasteiger partial charge is 0.339 e. The fourth-order valence-corrected chi connectivity index (χ4v) is 3.96. The van der Waals surface area contributed by atoms with Gasteiger partial charge in [0.25, 0.3) is 5.91 Å². The summed E-state index contributed by atoms with van der Waals surface area (Å²) in [6.07, 6.45) is 3.84. The Morgan fingerprint density at radius 2 is 1.94 bits per heavy atom. The Bertz CT molecular complexity index is 1220. The van der Waals surface area contributed by atoms with E-state index in [9.17, 15) is 9.18 Å². The van der Waals surface area contributed by atoms with Gasteiger partial charge in [-0.15, -0.1) is 5.10 Å². The highest BCUT2D eigenvalue weighted by molar-refractivity contribution is 5.92. The topological polar surface area (TPSA) is 89.9 Å². The van der Waals surface area contributed by atoms with Crippen LogP contribution in [0.5, 0.6) is 0 Å². The average Bonchev–Trinajstić information content (AvgIpc) is 3.50. The lowest BCUT2D eigenvalue weighted by atomic mass is 9.94. The molecule has 0 bridgehead atoms. The van der Waals surface area contributed by atoms with E-state index >= 15 is 0 Å². The summed E-state index contributed by atoms with van der Waals surface area (Å²) in [6, 6.07) is 15.8. The van der Waals surface area contributed by atoms with Crippen molar-refractivity contribution in [2.45, 2.75) is 19.3 Å². The number of aromatic nitrogens is 5. The maximum absolute atomic E-state index is 14.0. The number of amides is 1. The fourth-order valence-electron chi connectivity index (χ4n) is 3.96. The first-order valence-electron chi connectivity index (χ1n) is 10.5. The molecule has 1 amide bonds. The van der Waals surface area contributed by atoms with Crippen molar-refractivity contribution in [1.29, 1.82) is 0 Å². The van der Waals surface area contributed by atoms with Crippen LogP contribution in [0, 0.1) is 11.7 Å². The van der Waals surface area contributed by atoms with Crippen molar-refractivity contribution in [3.63, 3.8) is 0 Å². The van der Waals surface area contributed by atoms with Crippen LogP contribution in [0.25, 0.3) is 17.1 Å². The summed E-state index contributed by atoms with van der Waals surface area (Å²) in [5.41, 5.74) is 1.42. The summed E-state index contributed by atoms with van der Waals surface area (Å²) in [5, 5.41) is 12.5. The van der Waals surface area contributed by atoms with Crippen molar-refractivity contribution in [2.24, 2.45) is 5.92 Å². The Morgan fingerprint density at radius 3 is 2.78 bits per heavy atom. The molecule has 1 aliphatic rings. The normalized spacial score (nSPS) is 16.3. The van der Waals surface area contributed by atoms with Crippen LogP contribution < -0.4 is 0 Å². The van der Waals surface area contributed by atoms with E-state index in [1.54, 1.807) is 23.1 Å². The number of para-hydroxylation sites is 1. The Labute approximate surface area is 183 Å². The summed E-state index contributed by atoms with van der Waals surface area (Å²) in [5.74, 6) is 0.315. The lowest BCUT2D eigenvalue weighted by Gasteiger charge is -2.31. The number of hydrogen-bond donors (Lipinski definition) is 0. The predicted octanol–water partition coefficient (Wildman–Crippen LogP) is 3.55. The van der Waals surface area contributed by atoms with Gasteiger partial charge in [0.1, 0.15) is 5.82 Å². The number of carbonyl (C=O) groups is 1. The summed E-state index contributed by atoms with van der Waals surface area (Å²) in [4.78, 5) is 20.6. The monoisotopic (exact) mass is 432 g/mol. The molecule has 1 aliphatic heterocycles. The number of carbonyl (C=O) groups excluding carboxylic acids is 1. The second kappa shape index (κ2) is 8.70. The second-order valence-corrected chi connectivity index (χ2v) is 7.81. The van der Waals surface area contributed by atoms with Crippen LogP contribution in [0.3, 0.4) is 0 Å². The molecule has 4 aromatic rings. The number of hydrogen-bond acceptors (Lipinski definition) is 6. The first-order valence-corrected chi connectivity index (χ1v) is 10.5. The minimum atomic E-state index is -0.391. The van der Waals surface area contributed by atoms with E-state index < -0.39 is 5.82 Å². The van der Waals surface area contributed by atoms with Gasteiger partial charge in [-0.05, 0) is 43.0 Å². The molecule has 162 valence electrons. The Hall–Kier alpha value is -3.88. The molecule has 2 aromatic carbocycles. The van der Waals surface area contributed by atoms with Crippen molar-refractivity contribution in [1.82, 2.24) is 30.0 Å². The highest BCUT2D eigenvalue weighted by Crippen LogP contribution is 2.24. The molecule has 3 heterocycles. The third kappa shape index (κ3) is 4.14. The molecular formula is C23H21FN6O2. The maximum atomic E-state index is 14.0. The van der Waals surface area contributed by atoms with E-state index in [-0.39, 0.29) is 17.6 Å². The zero-order valence-electron chi connectivity index (χ0n) is 17.3. The molecule has 32 heavy (non-hydrogen) atoms. The number of nitrogens with zero attached hydrogens (tertiary/aromatic N) is 6. The predicted molar refractivity (Wildman–Crippen MR) is 113 cm³/mol. The summed E-state index contributed by atoms with van der Waals surface area (Å²) < 4.78 is 19.3. The molecule has 8 nitrogen and oxygen atoms in total. The Morgan fingerprint density at radius 1 is 1.12 bits per heavy atom. The second-order valence-electron chi connectivity index (χ2n) is 7.81. The molecule has 1 fully saturated rings. The fraction of sp³-hybridized carbons (Fsp3) is 0.261. The molecule has 2 aromatic heterocycles. The standard InChI is InChI=1S/C23H21FN6O2/c24-19-11-5-4-10-18(19)22-26-21(32-28-22)13-16-7-6-12-29(15-16)23(31)20-14-25-30(27-20)17-8-2-1-3-9-17/h1-5,8-11,14,16H,6-7,12-13,15H2/t16-/m1/s1. The zero-order chi connectivity index (χ0) is 21.9. The van der Waals surface area contributed by atoms with Gasteiger partial charge < -0.3 is 9.42 Å². The minimum Gasteiger partial charge on any atom is -0.339 e. The van der Waals surface area contributed by atoms with E-state index in [2.05, 4.69) is 20.3 Å². The van der Waals surface area contributed by atoms with Gasteiger partial charge in [-0.25, -0.2) is 4.39 Å². The lowest BCUT2D eigenvalue weighted by Crippen LogP contribution is -2.40. The highest BCUT2D eigenvalue weighted by Gasteiger charge is 2.28. The molecule has 0 unspecified atom stereocenters. The van der Waals surface area contributed by atoms with E-state index in [0.717, 1.165) is 18.5 Å². The Kier molecular flexibility index (Phi) is 5.45. The summed E-state index contributed by atoms with van der Waals surface area (Å²) >= 11 is 0. The molecule has 9 heteroatoms. The number of benzene rings is 2. The van der Waals surface area contributed by atoms with Crippen LogP contribution in [-0.4, -0.2) is 49.0 Å².